The number of hydrogen-bond donors (Lipinski definition) is 1. The Morgan fingerprint density at radius 3 is 2.57 bits per heavy atom. The maximum atomic E-state index is 8.48. The van der Waals surface area contributed by atoms with Crippen molar-refractivity contribution in [3.8, 4) is 11.8 Å². The molecule has 3 heteroatoms. The van der Waals surface area contributed by atoms with Gasteiger partial charge in [0, 0.05) is 6.04 Å². The van der Waals surface area contributed by atoms with Crippen molar-refractivity contribution in [2.75, 3.05) is 6.61 Å². The first-order valence-corrected chi connectivity index (χ1v) is 4.63. The summed E-state index contributed by atoms with van der Waals surface area (Å²) in [5.41, 5.74) is 6.73. The molecule has 0 saturated carbocycles. The van der Waals surface area contributed by atoms with Crippen molar-refractivity contribution in [3.05, 3.63) is 29.8 Å². The first kappa shape index (κ1) is 10.6. The van der Waals surface area contributed by atoms with Gasteiger partial charge in [-0.2, -0.15) is 5.26 Å². The number of nitriles is 1. The zero-order valence-corrected chi connectivity index (χ0v) is 8.23. The molecule has 2 N–H and O–H groups in total. The van der Waals surface area contributed by atoms with E-state index in [-0.39, 0.29) is 6.04 Å². The summed E-state index contributed by atoms with van der Waals surface area (Å²) in [5.74, 6) is 0.834. The number of rotatable bonds is 4. The normalized spacial score (nSPS) is 11.8. The van der Waals surface area contributed by atoms with E-state index >= 15 is 0 Å². The van der Waals surface area contributed by atoms with Gasteiger partial charge < -0.3 is 10.5 Å². The second-order valence-corrected chi connectivity index (χ2v) is 2.97. The highest BCUT2D eigenvalue weighted by molar-refractivity contribution is 5.29. The Labute approximate surface area is 84.1 Å². The van der Waals surface area contributed by atoms with Crippen LogP contribution in [0.25, 0.3) is 0 Å². The number of nitrogens with zero attached hydrogens (tertiary/aromatic N) is 1. The largest absolute Gasteiger partial charge is 0.494 e. The lowest BCUT2D eigenvalue weighted by Gasteiger charge is -2.08. The maximum absolute atomic E-state index is 8.48. The minimum Gasteiger partial charge on any atom is -0.494 e. The Balaban J connectivity index is 2.68. The van der Waals surface area contributed by atoms with E-state index in [1.807, 2.05) is 37.3 Å². The average Bonchev–Trinajstić information content (AvgIpc) is 2.20. The third-order valence-corrected chi connectivity index (χ3v) is 1.93. The highest BCUT2D eigenvalue weighted by Gasteiger charge is 2.04. The van der Waals surface area contributed by atoms with Gasteiger partial charge in [-0.05, 0) is 24.6 Å². The van der Waals surface area contributed by atoms with E-state index in [1.165, 1.54) is 0 Å². The summed E-state index contributed by atoms with van der Waals surface area (Å²) >= 11 is 0. The molecule has 1 aromatic rings. The predicted octanol–water partition coefficient (Wildman–Crippen LogP) is 2.00. The van der Waals surface area contributed by atoms with Gasteiger partial charge in [-0.3, -0.25) is 0 Å². The molecule has 0 amide bonds. The van der Waals surface area contributed by atoms with Crippen molar-refractivity contribution in [2.24, 2.45) is 5.73 Å². The van der Waals surface area contributed by atoms with Crippen molar-refractivity contribution in [1.29, 1.82) is 5.26 Å². The molecular formula is C11H14N2O. The van der Waals surface area contributed by atoms with Gasteiger partial charge in [0.15, 0.2) is 0 Å². The molecular weight excluding hydrogens is 176 g/mol. The average molecular weight is 190 g/mol. The predicted molar refractivity (Wildman–Crippen MR) is 54.8 cm³/mol. The highest BCUT2D eigenvalue weighted by atomic mass is 16.5. The molecule has 1 aromatic carbocycles. The summed E-state index contributed by atoms with van der Waals surface area (Å²) in [4.78, 5) is 0. The monoisotopic (exact) mass is 190 g/mol. The van der Waals surface area contributed by atoms with Crippen LogP contribution in [0.5, 0.6) is 5.75 Å². The molecule has 0 radical (unpaired) electrons. The number of hydrogen-bond acceptors (Lipinski definition) is 3. The van der Waals surface area contributed by atoms with Crippen molar-refractivity contribution in [1.82, 2.24) is 0 Å². The molecule has 0 spiro atoms. The summed E-state index contributed by atoms with van der Waals surface area (Å²) in [6.07, 6.45) is 0.341. The second kappa shape index (κ2) is 5.25. The van der Waals surface area contributed by atoms with Crippen molar-refractivity contribution >= 4 is 0 Å². The van der Waals surface area contributed by atoms with E-state index in [4.69, 9.17) is 15.7 Å². The summed E-state index contributed by atoms with van der Waals surface area (Å²) in [7, 11) is 0. The van der Waals surface area contributed by atoms with Crippen molar-refractivity contribution in [3.63, 3.8) is 0 Å². The van der Waals surface area contributed by atoms with E-state index in [0.29, 0.717) is 13.0 Å². The van der Waals surface area contributed by atoms with Crippen LogP contribution in [-0.4, -0.2) is 6.61 Å². The van der Waals surface area contributed by atoms with Crippen LogP contribution in [0.4, 0.5) is 0 Å². The number of nitrogens with two attached hydrogens (primary N) is 1. The van der Waals surface area contributed by atoms with Gasteiger partial charge in [0.2, 0.25) is 0 Å². The lowest BCUT2D eigenvalue weighted by atomic mass is 10.1. The molecule has 1 rings (SSSR count). The molecule has 74 valence electrons. The Kier molecular flexibility index (Phi) is 3.96. The Morgan fingerprint density at radius 1 is 1.43 bits per heavy atom. The van der Waals surface area contributed by atoms with Crippen LogP contribution in [0.1, 0.15) is 24.9 Å². The third kappa shape index (κ3) is 2.75. The van der Waals surface area contributed by atoms with Crippen LogP contribution in [0.3, 0.4) is 0 Å². The van der Waals surface area contributed by atoms with Crippen LogP contribution in [0, 0.1) is 11.3 Å². The minimum absolute atomic E-state index is 0.198. The first-order chi connectivity index (χ1) is 6.77. The zero-order valence-electron chi connectivity index (χ0n) is 8.23. The molecule has 14 heavy (non-hydrogen) atoms. The van der Waals surface area contributed by atoms with Crippen molar-refractivity contribution in [2.45, 2.75) is 19.4 Å². The molecule has 0 aliphatic rings. The van der Waals surface area contributed by atoms with Gasteiger partial charge in [0.25, 0.3) is 0 Å². The molecule has 0 fully saturated rings. The van der Waals surface area contributed by atoms with Gasteiger partial charge in [-0.15, -0.1) is 0 Å². The Morgan fingerprint density at radius 2 is 2.07 bits per heavy atom. The number of benzene rings is 1. The summed E-state index contributed by atoms with van der Waals surface area (Å²) in [6.45, 7) is 2.60. The highest BCUT2D eigenvalue weighted by Crippen LogP contribution is 2.17. The summed E-state index contributed by atoms with van der Waals surface area (Å²) in [5, 5.41) is 8.48. The van der Waals surface area contributed by atoms with Crippen molar-refractivity contribution < 1.29 is 4.74 Å². The number of ether oxygens (including phenoxy) is 1. The lowest BCUT2D eigenvalue weighted by Crippen LogP contribution is -2.08. The fourth-order valence-corrected chi connectivity index (χ4v) is 1.19. The van der Waals surface area contributed by atoms with E-state index < -0.39 is 0 Å². The quantitative estimate of drug-likeness (QED) is 0.789. The van der Waals surface area contributed by atoms with Gasteiger partial charge in [-0.25, -0.2) is 0 Å². The molecule has 0 aliphatic carbocycles. The first-order valence-electron chi connectivity index (χ1n) is 4.63. The van der Waals surface area contributed by atoms with E-state index in [0.717, 1.165) is 11.3 Å². The SMILES string of the molecule is CCOc1ccc([C@@H](N)CC#N)cc1. The van der Waals surface area contributed by atoms with E-state index in [2.05, 4.69) is 0 Å². The van der Waals surface area contributed by atoms with E-state index in [1.54, 1.807) is 0 Å². The molecule has 0 unspecified atom stereocenters. The lowest BCUT2D eigenvalue weighted by molar-refractivity contribution is 0.340. The zero-order chi connectivity index (χ0) is 10.4. The van der Waals surface area contributed by atoms with Crippen LogP contribution in [0.15, 0.2) is 24.3 Å². The topological polar surface area (TPSA) is 59.0 Å². The van der Waals surface area contributed by atoms with Crippen LogP contribution in [0.2, 0.25) is 0 Å². The van der Waals surface area contributed by atoms with Gasteiger partial charge >= 0.3 is 0 Å². The van der Waals surface area contributed by atoms with Crippen LogP contribution >= 0.6 is 0 Å². The van der Waals surface area contributed by atoms with Crippen LogP contribution in [-0.2, 0) is 0 Å². The fourth-order valence-electron chi connectivity index (χ4n) is 1.19. The molecule has 0 aliphatic heterocycles. The molecule has 0 aromatic heterocycles. The minimum atomic E-state index is -0.198. The molecule has 0 heterocycles. The molecule has 3 nitrogen and oxygen atoms in total. The van der Waals surface area contributed by atoms with Gasteiger partial charge in [-0.1, -0.05) is 12.1 Å². The molecule has 1 atom stereocenters. The Hall–Kier alpha value is -1.53. The summed E-state index contributed by atoms with van der Waals surface area (Å²) in [6, 6.07) is 9.38. The smallest absolute Gasteiger partial charge is 0.119 e. The standard InChI is InChI=1S/C11H14N2O/c1-2-14-10-5-3-9(4-6-10)11(13)7-8-12/h3-6,11H,2,7,13H2,1H3/t11-/m0/s1. The van der Waals surface area contributed by atoms with Crippen LogP contribution < -0.4 is 10.5 Å². The second-order valence-electron chi connectivity index (χ2n) is 2.97. The third-order valence-electron chi connectivity index (χ3n) is 1.93. The Bertz CT molecular complexity index is 313. The maximum Gasteiger partial charge on any atom is 0.119 e. The summed E-state index contributed by atoms with van der Waals surface area (Å²) < 4.78 is 5.29. The molecule has 0 saturated heterocycles. The van der Waals surface area contributed by atoms with E-state index in [9.17, 15) is 0 Å². The van der Waals surface area contributed by atoms with Gasteiger partial charge in [0.05, 0.1) is 19.1 Å². The molecule has 0 bridgehead atoms. The van der Waals surface area contributed by atoms with Gasteiger partial charge in [0.1, 0.15) is 5.75 Å². The fraction of sp³-hybridized carbons (Fsp3) is 0.364.